The van der Waals surface area contributed by atoms with Crippen LogP contribution in [0.25, 0.3) is 0 Å². The first kappa shape index (κ1) is 21.7. The monoisotopic (exact) mass is 466 g/mol. The molecule has 0 bridgehead atoms. The van der Waals surface area contributed by atoms with Crippen LogP contribution in [0.1, 0.15) is 25.1 Å². The van der Waals surface area contributed by atoms with E-state index in [0.29, 0.717) is 17.5 Å². The number of halogens is 1. The average molecular weight is 467 g/mol. The summed E-state index contributed by atoms with van der Waals surface area (Å²) in [6.45, 7) is 6.29. The van der Waals surface area contributed by atoms with E-state index in [4.69, 9.17) is 12.6 Å². The standard InChI is InChI=1S/C18H22N4S.ClH.Pd/c1-3-22(4-2)18(23)21-17(15-10-6-5-7-11-15)20-14-16-12-8-9-13-19-16;;/h5-13H,3-4,14H2,1-2H3,(H,20,21,23);1H;/q;;+2/p-2. The summed E-state index contributed by atoms with van der Waals surface area (Å²) >= 11 is 7.67. The molecule has 2 aromatic rings. The predicted octanol–water partition coefficient (Wildman–Crippen LogP) is 3.96. The molecule has 0 aliphatic rings. The van der Waals surface area contributed by atoms with Crippen molar-refractivity contribution in [1.82, 2.24) is 9.88 Å². The molecule has 1 heterocycles. The molecule has 2 rings (SSSR count). The maximum atomic E-state index is 5.44. The van der Waals surface area contributed by atoms with Gasteiger partial charge in [0.1, 0.15) is 0 Å². The van der Waals surface area contributed by atoms with E-state index in [0.717, 1.165) is 24.3 Å². The van der Waals surface area contributed by atoms with Crippen LogP contribution >= 0.6 is 9.53 Å². The van der Waals surface area contributed by atoms with Crippen molar-refractivity contribution in [2.75, 3.05) is 13.1 Å². The van der Waals surface area contributed by atoms with Gasteiger partial charge >= 0.3 is 27.7 Å². The van der Waals surface area contributed by atoms with Crippen LogP contribution in [0.2, 0.25) is 0 Å². The van der Waals surface area contributed by atoms with E-state index in [-0.39, 0.29) is 0 Å². The summed E-state index contributed by atoms with van der Waals surface area (Å²) in [7, 11) is 4.49. The minimum absolute atomic E-state index is 0.482. The summed E-state index contributed by atoms with van der Waals surface area (Å²) in [6.07, 6.45) is 1.77. The van der Waals surface area contributed by atoms with Crippen molar-refractivity contribution < 1.29 is 18.2 Å². The normalized spacial score (nSPS) is 11.6. The molecular formula is C18H21ClN4PdS. The molecule has 7 heteroatoms. The van der Waals surface area contributed by atoms with Gasteiger partial charge in [-0.1, -0.05) is 36.4 Å². The number of aliphatic imine (C=N–C) groups is 2. The van der Waals surface area contributed by atoms with E-state index < -0.39 is 0 Å². The molecule has 0 aliphatic heterocycles. The van der Waals surface area contributed by atoms with Gasteiger partial charge in [-0.25, -0.2) is 4.99 Å². The number of rotatable bonds is 5. The number of benzene rings is 1. The minimum atomic E-state index is 0.482. The number of aromatic nitrogens is 1. The van der Waals surface area contributed by atoms with Gasteiger partial charge in [0.15, 0.2) is 5.84 Å². The summed E-state index contributed by atoms with van der Waals surface area (Å²) in [5.41, 5.74) is 1.86. The second-order valence-electron chi connectivity index (χ2n) is 4.89. The molecule has 0 aliphatic carbocycles. The first-order chi connectivity index (χ1) is 12.2. The number of amidine groups is 2. The number of nitrogens with zero attached hydrogens (tertiary/aromatic N) is 4. The first-order valence-corrected chi connectivity index (χ1v) is 10.3. The van der Waals surface area contributed by atoms with Gasteiger partial charge in [0.25, 0.3) is 0 Å². The Morgan fingerprint density at radius 2 is 1.72 bits per heavy atom. The van der Waals surface area contributed by atoms with Crippen molar-refractivity contribution in [2.24, 2.45) is 9.98 Å². The fourth-order valence-corrected chi connectivity index (χ4v) is 2.43. The molecule has 1 aromatic heterocycles. The van der Waals surface area contributed by atoms with Crippen LogP contribution in [-0.2, 0) is 37.4 Å². The molecule has 0 saturated heterocycles. The Hall–Kier alpha value is -1.32. The molecule has 0 unspecified atom stereocenters. The van der Waals surface area contributed by atoms with Crippen LogP contribution in [-0.4, -0.2) is 34.0 Å². The Labute approximate surface area is 170 Å². The molecule has 0 N–H and O–H groups in total. The van der Waals surface area contributed by atoms with E-state index in [9.17, 15) is 0 Å². The third-order valence-electron chi connectivity index (χ3n) is 3.38. The van der Waals surface area contributed by atoms with Gasteiger partial charge in [0.05, 0.1) is 12.2 Å². The molecular weight excluding hydrogens is 446 g/mol. The number of pyridine rings is 1. The van der Waals surface area contributed by atoms with Gasteiger partial charge in [0, 0.05) is 24.8 Å². The molecule has 0 radical (unpaired) electrons. The van der Waals surface area contributed by atoms with Gasteiger partial charge in [-0.05, 0) is 31.1 Å². The Morgan fingerprint density at radius 3 is 2.28 bits per heavy atom. The third kappa shape index (κ3) is 7.62. The van der Waals surface area contributed by atoms with Crippen LogP contribution in [0.5, 0.6) is 0 Å². The summed E-state index contributed by atoms with van der Waals surface area (Å²) in [5, 5.41) is 0.568. The van der Waals surface area contributed by atoms with Gasteiger partial charge in [-0.15, -0.1) is 0 Å². The van der Waals surface area contributed by atoms with Gasteiger partial charge in [-0.2, -0.15) is 0 Å². The second kappa shape index (κ2) is 13.0. The number of hydrogen-bond acceptors (Lipinski definition) is 3. The molecule has 136 valence electrons. The van der Waals surface area contributed by atoms with Gasteiger partial charge in [-0.3, -0.25) is 9.98 Å². The van der Waals surface area contributed by atoms with E-state index in [1.807, 2.05) is 53.4 Å². The van der Waals surface area contributed by atoms with Crippen molar-refractivity contribution in [3.8, 4) is 0 Å². The van der Waals surface area contributed by atoms with E-state index in [2.05, 4.69) is 56.5 Å². The van der Waals surface area contributed by atoms with E-state index in [1.54, 1.807) is 6.20 Å². The molecule has 0 fully saturated rings. The molecule has 25 heavy (non-hydrogen) atoms. The summed E-state index contributed by atoms with van der Waals surface area (Å²) < 4.78 is 0. The second-order valence-corrected chi connectivity index (χ2v) is 5.26. The summed E-state index contributed by atoms with van der Waals surface area (Å²) in [5.74, 6) is 0.646. The van der Waals surface area contributed by atoms with Crippen LogP contribution in [0.4, 0.5) is 0 Å². The van der Waals surface area contributed by atoms with Crippen molar-refractivity contribution in [3.63, 3.8) is 0 Å². The Bertz CT molecular complexity index is 661. The zero-order valence-corrected chi connectivity index (χ0v) is 17.3. The van der Waals surface area contributed by atoms with Crippen LogP contribution in [0.15, 0.2) is 64.7 Å². The fourth-order valence-electron chi connectivity index (χ4n) is 2.08. The Balaban J connectivity index is 0.00000151. The van der Waals surface area contributed by atoms with Crippen LogP contribution < -0.4 is 0 Å². The zero-order chi connectivity index (χ0) is 18.5. The van der Waals surface area contributed by atoms with Gasteiger partial charge < -0.3 is 17.5 Å². The Kier molecular flexibility index (Phi) is 11.3. The van der Waals surface area contributed by atoms with Crippen molar-refractivity contribution in [2.45, 2.75) is 20.4 Å². The average Bonchev–Trinajstić information content (AvgIpc) is 2.69. The summed E-state index contributed by atoms with van der Waals surface area (Å²) in [6, 6.07) is 15.7. The molecule has 0 amide bonds. The van der Waals surface area contributed by atoms with Gasteiger partial charge in [0.2, 0.25) is 0 Å². The SMILES string of the molecule is CCN(CC)C([S-])=NC(=NCc1ccccn1)c1ccccc1.[Cl][Pd+]. The fraction of sp³-hybridized carbons (Fsp3) is 0.278. The molecule has 0 atom stereocenters. The Morgan fingerprint density at radius 1 is 1.08 bits per heavy atom. The van der Waals surface area contributed by atoms with E-state index >= 15 is 0 Å². The van der Waals surface area contributed by atoms with Crippen LogP contribution in [0.3, 0.4) is 0 Å². The molecule has 1 aromatic carbocycles. The molecule has 4 nitrogen and oxygen atoms in total. The molecule has 0 saturated carbocycles. The first-order valence-electron chi connectivity index (χ1n) is 7.87. The van der Waals surface area contributed by atoms with Crippen molar-refractivity contribution in [3.05, 3.63) is 66.0 Å². The maximum absolute atomic E-state index is 5.44. The quantitative estimate of drug-likeness (QED) is 0.289. The zero-order valence-electron chi connectivity index (χ0n) is 14.2. The van der Waals surface area contributed by atoms with Crippen molar-refractivity contribution >= 4 is 33.2 Å². The molecule has 0 spiro atoms. The summed E-state index contributed by atoms with van der Waals surface area (Å²) in [4.78, 5) is 15.5. The predicted molar refractivity (Wildman–Crippen MR) is 104 cm³/mol. The third-order valence-corrected chi connectivity index (χ3v) is 3.73. The number of hydrogen-bond donors (Lipinski definition) is 0. The van der Waals surface area contributed by atoms with Crippen LogP contribution in [0, 0.1) is 0 Å². The van der Waals surface area contributed by atoms with E-state index in [1.165, 1.54) is 0 Å². The van der Waals surface area contributed by atoms with Crippen molar-refractivity contribution in [1.29, 1.82) is 0 Å². The topological polar surface area (TPSA) is 40.9 Å².